The van der Waals surface area contributed by atoms with Gasteiger partial charge in [-0.05, 0) is 56.8 Å². The van der Waals surface area contributed by atoms with Crippen LogP contribution in [0.2, 0.25) is 0 Å². The molecule has 118 valence electrons. The normalized spacial score (nSPS) is 27.7. The number of likely N-dealkylation sites (tertiary alicyclic amines) is 1. The van der Waals surface area contributed by atoms with E-state index in [1.165, 1.54) is 12.8 Å². The number of fused-ring (bicyclic) bond motifs is 1. The first-order valence-corrected chi connectivity index (χ1v) is 8.42. The number of nitrogens with one attached hydrogen (secondary N) is 1. The van der Waals surface area contributed by atoms with Crippen molar-refractivity contribution in [2.45, 2.75) is 45.1 Å². The number of hydrazone groups is 1. The topological polar surface area (TPSA) is 44.7 Å². The van der Waals surface area contributed by atoms with E-state index in [0.717, 1.165) is 37.3 Å². The third-order valence-corrected chi connectivity index (χ3v) is 4.81. The first-order valence-electron chi connectivity index (χ1n) is 8.42. The van der Waals surface area contributed by atoms with Crippen molar-refractivity contribution in [3.8, 4) is 0 Å². The molecule has 0 spiro atoms. The van der Waals surface area contributed by atoms with Crippen LogP contribution in [0.15, 0.2) is 35.4 Å². The molecule has 2 fully saturated rings. The zero-order valence-corrected chi connectivity index (χ0v) is 13.3. The van der Waals surface area contributed by atoms with Gasteiger partial charge in [-0.1, -0.05) is 25.1 Å². The fourth-order valence-corrected chi connectivity index (χ4v) is 3.73. The molecule has 22 heavy (non-hydrogen) atoms. The van der Waals surface area contributed by atoms with E-state index < -0.39 is 0 Å². The van der Waals surface area contributed by atoms with Crippen LogP contribution in [0.25, 0.3) is 0 Å². The Hall–Kier alpha value is -1.68. The van der Waals surface area contributed by atoms with Gasteiger partial charge in [0, 0.05) is 12.5 Å². The van der Waals surface area contributed by atoms with Crippen LogP contribution in [0.5, 0.6) is 0 Å². The predicted molar refractivity (Wildman–Crippen MR) is 90.1 cm³/mol. The van der Waals surface area contributed by atoms with E-state index in [9.17, 15) is 4.79 Å². The van der Waals surface area contributed by atoms with E-state index in [1.807, 2.05) is 30.3 Å². The van der Waals surface area contributed by atoms with Gasteiger partial charge in [0.15, 0.2) is 5.78 Å². The van der Waals surface area contributed by atoms with E-state index in [-0.39, 0.29) is 5.78 Å². The molecule has 0 unspecified atom stereocenters. The standard InChI is InChI=1S/C18H25N3O/c1-2-10-21-11-6-7-14-12-16(18(22)13-17(14)21)20-19-15-8-4-3-5-9-15/h3-5,8-9,14,17,19H,2,6-7,10-13H2,1H3/t14-,17-/m0/s1. The van der Waals surface area contributed by atoms with Crippen LogP contribution in [-0.2, 0) is 4.79 Å². The van der Waals surface area contributed by atoms with Crippen LogP contribution in [0.4, 0.5) is 5.69 Å². The van der Waals surface area contributed by atoms with Crippen molar-refractivity contribution < 1.29 is 4.79 Å². The molecule has 0 aromatic heterocycles. The third kappa shape index (κ3) is 3.38. The quantitative estimate of drug-likeness (QED) is 0.868. The minimum absolute atomic E-state index is 0.215. The number of benzene rings is 1. The van der Waals surface area contributed by atoms with E-state index in [0.29, 0.717) is 18.4 Å². The van der Waals surface area contributed by atoms with Crippen LogP contribution in [0.3, 0.4) is 0 Å². The van der Waals surface area contributed by atoms with Crippen LogP contribution in [0.1, 0.15) is 39.0 Å². The summed E-state index contributed by atoms with van der Waals surface area (Å²) in [6.07, 6.45) is 5.09. The molecule has 0 amide bonds. The second-order valence-electron chi connectivity index (χ2n) is 6.37. The Balaban J connectivity index is 1.68. The Kier molecular flexibility index (Phi) is 4.88. The Morgan fingerprint density at radius 3 is 2.86 bits per heavy atom. The molecule has 1 saturated heterocycles. The molecule has 0 radical (unpaired) electrons. The maximum Gasteiger partial charge on any atom is 0.180 e. The van der Waals surface area contributed by atoms with E-state index in [2.05, 4.69) is 22.4 Å². The fourth-order valence-electron chi connectivity index (χ4n) is 3.73. The molecule has 1 aliphatic carbocycles. The molecule has 0 bridgehead atoms. The van der Waals surface area contributed by atoms with Gasteiger partial charge in [0.1, 0.15) is 5.71 Å². The highest BCUT2D eigenvalue weighted by atomic mass is 16.1. The van der Waals surface area contributed by atoms with Gasteiger partial charge in [-0.2, -0.15) is 5.10 Å². The van der Waals surface area contributed by atoms with E-state index in [4.69, 9.17) is 0 Å². The zero-order valence-electron chi connectivity index (χ0n) is 13.3. The molecule has 4 heteroatoms. The largest absolute Gasteiger partial charge is 0.300 e. The first kappa shape index (κ1) is 15.2. The van der Waals surface area contributed by atoms with E-state index >= 15 is 0 Å². The summed E-state index contributed by atoms with van der Waals surface area (Å²) in [5, 5.41) is 4.40. The highest BCUT2D eigenvalue weighted by Gasteiger charge is 2.38. The molecule has 3 rings (SSSR count). The van der Waals surface area contributed by atoms with Crippen molar-refractivity contribution in [1.29, 1.82) is 0 Å². The molecular formula is C18H25N3O. The molecule has 2 atom stereocenters. The molecule has 4 nitrogen and oxygen atoms in total. The number of nitrogens with zero attached hydrogens (tertiary/aromatic N) is 2. The summed E-state index contributed by atoms with van der Waals surface area (Å²) in [5.74, 6) is 0.807. The maximum atomic E-state index is 12.4. The lowest BCUT2D eigenvalue weighted by Gasteiger charge is -2.43. The monoisotopic (exact) mass is 299 g/mol. The number of para-hydroxylation sites is 1. The van der Waals surface area contributed by atoms with Crippen LogP contribution < -0.4 is 5.43 Å². The fraction of sp³-hybridized carbons (Fsp3) is 0.556. The van der Waals surface area contributed by atoms with Crippen LogP contribution in [0, 0.1) is 5.92 Å². The lowest BCUT2D eigenvalue weighted by Crippen LogP contribution is -2.51. The third-order valence-electron chi connectivity index (χ3n) is 4.81. The van der Waals surface area contributed by atoms with Crippen LogP contribution >= 0.6 is 0 Å². The van der Waals surface area contributed by atoms with Gasteiger partial charge < -0.3 is 0 Å². The lowest BCUT2D eigenvalue weighted by atomic mass is 9.77. The smallest absolute Gasteiger partial charge is 0.180 e. The van der Waals surface area contributed by atoms with Crippen molar-refractivity contribution in [3.63, 3.8) is 0 Å². The number of hydrogen-bond acceptors (Lipinski definition) is 4. The number of hydrogen-bond donors (Lipinski definition) is 1. The second-order valence-corrected chi connectivity index (χ2v) is 6.37. The Morgan fingerprint density at radius 1 is 1.27 bits per heavy atom. The van der Waals surface area contributed by atoms with Crippen molar-refractivity contribution in [2.24, 2.45) is 11.0 Å². The summed E-state index contributed by atoms with van der Waals surface area (Å²) in [5.41, 5.74) is 4.69. The van der Waals surface area contributed by atoms with Gasteiger partial charge in [-0.15, -0.1) is 0 Å². The Morgan fingerprint density at radius 2 is 2.09 bits per heavy atom. The minimum Gasteiger partial charge on any atom is -0.300 e. The highest BCUT2D eigenvalue weighted by Crippen LogP contribution is 2.33. The SMILES string of the molecule is CCCN1CCC[C@H]2CC(=NNc3ccccc3)C(=O)C[C@@H]21. The second kappa shape index (κ2) is 7.05. The van der Waals surface area contributed by atoms with Gasteiger partial charge in [0.25, 0.3) is 0 Å². The summed E-state index contributed by atoms with van der Waals surface area (Å²) in [6.45, 7) is 4.48. The maximum absolute atomic E-state index is 12.4. The van der Waals surface area contributed by atoms with Crippen molar-refractivity contribution >= 4 is 17.2 Å². The Labute approximate surface area is 132 Å². The van der Waals surface area contributed by atoms with Gasteiger partial charge in [-0.3, -0.25) is 15.1 Å². The number of carbonyl (C=O) groups excluding carboxylic acids is 1. The minimum atomic E-state index is 0.215. The summed E-state index contributed by atoms with van der Waals surface area (Å²) >= 11 is 0. The van der Waals surface area contributed by atoms with Gasteiger partial charge in [0.05, 0.1) is 5.69 Å². The summed E-state index contributed by atoms with van der Waals surface area (Å²) in [7, 11) is 0. The van der Waals surface area contributed by atoms with Gasteiger partial charge in [-0.25, -0.2) is 0 Å². The van der Waals surface area contributed by atoms with Crippen molar-refractivity contribution in [1.82, 2.24) is 4.90 Å². The predicted octanol–water partition coefficient (Wildman–Crippen LogP) is 3.31. The molecule has 1 aromatic carbocycles. The van der Waals surface area contributed by atoms with Crippen molar-refractivity contribution in [2.75, 3.05) is 18.5 Å². The number of Topliss-reactive ketones (excluding diaryl/α,β-unsaturated/α-hetero) is 1. The molecular weight excluding hydrogens is 274 g/mol. The van der Waals surface area contributed by atoms with E-state index in [1.54, 1.807) is 0 Å². The zero-order chi connectivity index (χ0) is 15.4. The van der Waals surface area contributed by atoms with Crippen LogP contribution in [-0.4, -0.2) is 35.5 Å². The summed E-state index contributed by atoms with van der Waals surface area (Å²) in [4.78, 5) is 14.9. The average Bonchev–Trinajstić information content (AvgIpc) is 2.55. The first-order chi connectivity index (χ1) is 10.8. The lowest BCUT2D eigenvalue weighted by molar-refractivity contribution is -0.116. The Bertz CT molecular complexity index is 539. The molecule has 1 aliphatic heterocycles. The number of piperidine rings is 1. The number of anilines is 1. The average molecular weight is 299 g/mol. The molecule has 2 aliphatic rings. The number of rotatable bonds is 4. The molecule has 1 aromatic rings. The highest BCUT2D eigenvalue weighted by molar-refractivity contribution is 6.40. The number of ketones is 1. The summed E-state index contributed by atoms with van der Waals surface area (Å²) in [6, 6.07) is 10.3. The van der Waals surface area contributed by atoms with Gasteiger partial charge >= 0.3 is 0 Å². The van der Waals surface area contributed by atoms with Gasteiger partial charge in [0.2, 0.25) is 0 Å². The molecule has 1 heterocycles. The molecule has 1 N–H and O–H groups in total. The summed E-state index contributed by atoms with van der Waals surface area (Å²) < 4.78 is 0. The number of carbonyl (C=O) groups is 1. The van der Waals surface area contributed by atoms with Crippen molar-refractivity contribution in [3.05, 3.63) is 30.3 Å². The molecule has 1 saturated carbocycles.